The molecule has 2 aliphatic heterocycles. The van der Waals surface area contributed by atoms with E-state index >= 15 is 0 Å². The van der Waals surface area contributed by atoms with Crippen molar-refractivity contribution in [3.8, 4) is 0 Å². The Bertz CT molecular complexity index is 722. The minimum absolute atomic E-state index is 0.0624. The van der Waals surface area contributed by atoms with Gasteiger partial charge in [-0.25, -0.2) is 9.07 Å². The zero-order chi connectivity index (χ0) is 15.8. The third-order valence-electron chi connectivity index (χ3n) is 4.44. The molecule has 23 heavy (non-hydrogen) atoms. The van der Waals surface area contributed by atoms with Crippen molar-refractivity contribution < 1.29 is 13.9 Å². The quantitative estimate of drug-likeness (QED) is 0.849. The highest BCUT2D eigenvalue weighted by atomic mass is 19.1. The van der Waals surface area contributed by atoms with Gasteiger partial charge in [0.1, 0.15) is 11.9 Å². The van der Waals surface area contributed by atoms with Gasteiger partial charge in [-0.3, -0.25) is 4.79 Å². The van der Waals surface area contributed by atoms with Crippen molar-refractivity contribution in [1.82, 2.24) is 19.9 Å². The molecule has 1 saturated heterocycles. The predicted octanol–water partition coefficient (Wildman–Crippen LogP) is 1.92. The summed E-state index contributed by atoms with van der Waals surface area (Å²) >= 11 is 0. The SMILES string of the molecule is O=C(c1nnn2c1COC(c1ccc(F)cc1)C2)N1CCCC1. The van der Waals surface area contributed by atoms with Crippen LogP contribution in [0.25, 0.3) is 0 Å². The standard InChI is InChI=1S/C16H17FN4O2/c17-12-5-3-11(4-6-12)14-9-21-13(10-23-14)15(18-19-21)16(22)20-7-1-2-8-20/h3-6,14H,1-2,7-10H2. The second-order valence-corrected chi connectivity index (χ2v) is 5.92. The van der Waals surface area contributed by atoms with Gasteiger partial charge in [0, 0.05) is 13.1 Å². The molecule has 2 aromatic rings. The average Bonchev–Trinajstić information content (AvgIpc) is 3.24. The zero-order valence-electron chi connectivity index (χ0n) is 12.6. The molecule has 0 aliphatic carbocycles. The fraction of sp³-hybridized carbons (Fsp3) is 0.438. The Morgan fingerprint density at radius 2 is 1.96 bits per heavy atom. The molecule has 1 unspecified atom stereocenters. The van der Waals surface area contributed by atoms with Crippen LogP contribution in [-0.4, -0.2) is 38.9 Å². The number of rotatable bonds is 2. The molecule has 0 bridgehead atoms. The fourth-order valence-electron chi connectivity index (χ4n) is 3.13. The first-order chi connectivity index (χ1) is 11.2. The topological polar surface area (TPSA) is 60.3 Å². The number of carbonyl (C=O) groups is 1. The summed E-state index contributed by atoms with van der Waals surface area (Å²) in [6.07, 6.45) is 1.87. The first kappa shape index (κ1) is 14.3. The molecule has 1 atom stereocenters. The Balaban J connectivity index is 1.55. The lowest BCUT2D eigenvalue weighted by Crippen LogP contribution is -2.30. The first-order valence-corrected chi connectivity index (χ1v) is 7.81. The van der Waals surface area contributed by atoms with Crippen molar-refractivity contribution >= 4 is 5.91 Å². The van der Waals surface area contributed by atoms with Crippen LogP contribution in [0, 0.1) is 5.82 Å². The molecule has 1 amide bonds. The summed E-state index contributed by atoms with van der Waals surface area (Å²) in [5.41, 5.74) is 2.00. The van der Waals surface area contributed by atoms with Gasteiger partial charge in [-0.2, -0.15) is 0 Å². The van der Waals surface area contributed by atoms with E-state index in [1.54, 1.807) is 16.8 Å². The van der Waals surface area contributed by atoms with Gasteiger partial charge in [0.2, 0.25) is 0 Å². The molecule has 0 N–H and O–H groups in total. The maximum atomic E-state index is 13.0. The van der Waals surface area contributed by atoms with E-state index in [4.69, 9.17) is 4.74 Å². The van der Waals surface area contributed by atoms with Gasteiger partial charge in [-0.15, -0.1) is 5.10 Å². The first-order valence-electron chi connectivity index (χ1n) is 7.81. The van der Waals surface area contributed by atoms with Gasteiger partial charge in [-0.05, 0) is 30.5 Å². The number of benzene rings is 1. The van der Waals surface area contributed by atoms with E-state index < -0.39 is 0 Å². The Kier molecular flexibility index (Phi) is 3.57. The molecule has 0 saturated carbocycles. The molecule has 4 rings (SSSR count). The van der Waals surface area contributed by atoms with Crippen LogP contribution in [0.1, 0.15) is 40.7 Å². The largest absolute Gasteiger partial charge is 0.365 e. The number of hydrogen-bond donors (Lipinski definition) is 0. The summed E-state index contributed by atoms with van der Waals surface area (Å²) in [5.74, 6) is -0.336. The van der Waals surface area contributed by atoms with Crippen molar-refractivity contribution in [2.24, 2.45) is 0 Å². The molecule has 0 spiro atoms. The van der Waals surface area contributed by atoms with Crippen LogP contribution in [-0.2, 0) is 17.9 Å². The number of nitrogens with zero attached hydrogens (tertiary/aromatic N) is 4. The summed E-state index contributed by atoms with van der Waals surface area (Å²) in [5, 5.41) is 8.17. The number of halogens is 1. The summed E-state index contributed by atoms with van der Waals surface area (Å²) in [7, 11) is 0. The maximum Gasteiger partial charge on any atom is 0.276 e. The van der Waals surface area contributed by atoms with E-state index in [-0.39, 0.29) is 24.4 Å². The molecule has 6 nitrogen and oxygen atoms in total. The minimum Gasteiger partial charge on any atom is -0.365 e. The van der Waals surface area contributed by atoms with Crippen molar-refractivity contribution in [3.05, 3.63) is 47.0 Å². The molecule has 1 aromatic carbocycles. The number of likely N-dealkylation sites (tertiary alicyclic amines) is 1. The van der Waals surface area contributed by atoms with Gasteiger partial charge in [0.15, 0.2) is 5.69 Å². The van der Waals surface area contributed by atoms with Gasteiger partial charge in [-0.1, -0.05) is 17.3 Å². The van der Waals surface area contributed by atoms with E-state index in [0.717, 1.165) is 37.2 Å². The average molecular weight is 316 g/mol. The van der Waals surface area contributed by atoms with Crippen LogP contribution in [0.3, 0.4) is 0 Å². The maximum absolute atomic E-state index is 13.0. The third-order valence-corrected chi connectivity index (χ3v) is 4.44. The molecule has 1 aromatic heterocycles. The summed E-state index contributed by atoms with van der Waals surface area (Å²) in [4.78, 5) is 14.3. The smallest absolute Gasteiger partial charge is 0.276 e. The second-order valence-electron chi connectivity index (χ2n) is 5.92. The number of carbonyl (C=O) groups excluding carboxylic acids is 1. The highest BCUT2D eigenvalue weighted by Crippen LogP contribution is 2.27. The highest BCUT2D eigenvalue weighted by molar-refractivity contribution is 5.93. The van der Waals surface area contributed by atoms with Crippen LogP contribution >= 0.6 is 0 Å². The molecule has 2 aliphatic rings. The Labute approximate surface area is 132 Å². The molecule has 3 heterocycles. The monoisotopic (exact) mass is 316 g/mol. The van der Waals surface area contributed by atoms with Crippen molar-refractivity contribution in [3.63, 3.8) is 0 Å². The lowest BCUT2D eigenvalue weighted by Gasteiger charge is -2.24. The Morgan fingerprint density at radius 1 is 1.22 bits per heavy atom. The third kappa shape index (κ3) is 2.61. The zero-order valence-corrected chi connectivity index (χ0v) is 12.6. The Hall–Kier alpha value is -2.28. The number of ether oxygens (including phenoxy) is 1. The number of amides is 1. The summed E-state index contributed by atoms with van der Waals surface area (Å²) in [6, 6.07) is 6.24. The molecule has 7 heteroatoms. The minimum atomic E-state index is -0.274. The lowest BCUT2D eigenvalue weighted by molar-refractivity contribution is -0.00195. The number of fused-ring (bicyclic) bond motifs is 1. The molecular weight excluding hydrogens is 299 g/mol. The van der Waals surface area contributed by atoms with Crippen molar-refractivity contribution in [2.75, 3.05) is 13.1 Å². The number of aromatic nitrogens is 3. The van der Waals surface area contributed by atoms with E-state index in [9.17, 15) is 9.18 Å². The van der Waals surface area contributed by atoms with Crippen LogP contribution in [0.4, 0.5) is 4.39 Å². The van der Waals surface area contributed by atoms with Gasteiger partial charge in [0.25, 0.3) is 5.91 Å². The number of hydrogen-bond acceptors (Lipinski definition) is 4. The Morgan fingerprint density at radius 3 is 2.70 bits per heavy atom. The normalized spacial score (nSPS) is 20.6. The van der Waals surface area contributed by atoms with Gasteiger partial charge in [0.05, 0.1) is 18.8 Å². The molecule has 1 fully saturated rings. The molecule has 120 valence electrons. The summed E-state index contributed by atoms with van der Waals surface area (Å²) < 4.78 is 20.6. The van der Waals surface area contributed by atoms with Crippen LogP contribution in [0.2, 0.25) is 0 Å². The van der Waals surface area contributed by atoms with Gasteiger partial charge >= 0.3 is 0 Å². The van der Waals surface area contributed by atoms with Crippen LogP contribution in [0.15, 0.2) is 24.3 Å². The van der Waals surface area contributed by atoms with E-state index in [1.807, 2.05) is 4.90 Å². The summed E-state index contributed by atoms with van der Waals surface area (Å²) in [6.45, 7) is 2.32. The fourth-order valence-corrected chi connectivity index (χ4v) is 3.13. The lowest BCUT2D eigenvalue weighted by atomic mass is 10.1. The van der Waals surface area contributed by atoms with Crippen LogP contribution in [0.5, 0.6) is 0 Å². The van der Waals surface area contributed by atoms with E-state index in [1.165, 1.54) is 12.1 Å². The predicted molar refractivity (Wildman–Crippen MR) is 79.1 cm³/mol. The molecule has 0 radical (unpaired) electrons. The van der Waals surface area contributed by atoms with Crippen LogP contribution < -0.4 is 0 Å². The van der Waals surface area contributed by atoms with E-state index in [0.29, 0.717) is 12.2 Å². The van der Waals surface area contributed by atoms with Gasteiger partial charge < -0.3 is 9.64 Å². The second kappa shape index (κ2) is 5.73. The van der Waals surface area contributed by atoms with Crippen molar-refractivity contribution in [2.45, 2.75) is 32.1 Å². The van der Waals surface area contributed by atoms with Crippen molar-refractivity contribution in [1.29, 1.82) is 0 Å². The molecular formula is C16H17FN4O2. The highest BCUT2D eigenvalue weighted by Gasteiger charge is 2.30. The van der Waals surface area contributed by atoms with E-state index in [2.05, 4.69) is 10.3 Å².